The highest BCUT2D eigenvalue weighted by atomic mass is 19.2. The minimum absolute atomic E-state index is 0.0368. The van der Waals surface area contributed by atoms with E-state index >= 15 is 0 Å². The third-order valence-electron chi connectivity index (χ3n) is 6.23. The molecule has 1 fully saturated rings. The SMILES string of the molecule is CCCC(O)c1ccc(CCC2CCC(c3ccc(O)c(F)c3)CC2)c(F)c1F. The fourth-order valence-electron chi connectivity index (χ4n) is 4.40. The highest BCUT2D eigenvalue weighted by molar-refractivity contribution is 5.31. The van der Waals surface area contributed by atoms with E-state index in [1.54, 1.807) is 12.1 Å². The largest absolute Gasteiger partial charge is 0.505 e. The van der Waals surface area contributed by atoms with Gasteiger partial charge in [0.15, 0.2) is 23.2 Å². The summed E-state index contributed by atoms with van der Waals surface area (Å²) in [6.45, 7) is 1.89. The van der Waals surface area contributed by atoms with Gasteiger partial charge in [-0.3, -0.25) is 0 Å². The lowest BCUT2D eigenvalue weighted by Gasteiger charge is -2.29. The number of aliphatic hydroxyl groups excluding tert-OH is 1. The van der Waals surface area contributed by atoms with E-state index in [9.17, 15) is 23.4 Å². The van der Waals surface area contributed by atoms with Gasteiger partial charge in [-0.25, -0.2) is 13.2 Å². The Labute approximate surface area is 170 Å². The average Bonchev–Trinajstić information content (AvgIpc) is 2.72. The van der Waals surface area contributed by atoms with E-state index < -0.39 is 23.6 Å². The summed E-state index contributed by atoms with van der Waals surface area (Å²) in [6.07, 6.45) is 5.16. The van der Waals surface area contributed by atoms with Crippen molar-refractivity contribution in [1.82, 2.24) is 0 Å². The summed E-state index contributed by atoms with van der Waals surface area (Å²) >= 11 is 0. The Morgan fingerprint density at radius 2 is 1.72 bits per heavy atom. The fraction of sp³-hybridized carbons (Fsp3) is 0.500. The number of aromatic hydroxyl groups is 1. The van der Waals surface area contributed by atoms with Gasteiger partial charge in [0, 0.05) is 5.56 Å². The van der Waals surface area contributed by atoms with Crippen molar-refractivity contribution < 1.29 is 23.4 Å². The summed E-state index contributed by atoms with van der Waals surface area (Å²) in [5.41, 5.74) is 1.31. The number of halogens is 3. The first-order valence-electron chi connectivity index (χ1n) is 10.5. The number of benzene rings is 2. The third-order valence-corrected chi connectivity index (χ3v) is 6.23. The lowest BCUT2D eigenvalue weighted by Crippen LogP contribution is -2.14. The zero-order valence-corrected chi connectivity index (χ0v) is 16.8. The molecule has 2 N–H and O–H groups in total. The number of phenolic OH excluding ortho intramolecular Hbond substituents is 1. The topological polar surface area (TPSA) is 40.5 Å². The summed E-state index contributed by atoms with van der Waals surface area (Å²) in [6, 6.07) is 7.68. The van der Waals surface area contributed by atoms with Crippen LogP contribution in [0.5, 0.6) is 5.75 Å². The van der Waals surface area contributed by atoms with Gasteiger partial charge in [0.25, 0.3) is 0 Å². The molecule has 3 rings (SSSR count). The molecule has 2 aromatic rings. The van der Waals surface area contributed by atoms with E-state index in [1.165, 1.54) is 18.2 Å². The predicted molar refractivity (Wildman–Crippen MR) is 107 cm³/mol. The molecule has 1 aliphatic rings. The second kappa shape index (κ2) is 9.66. The molecule has 29 heavy (non-hydrogen) atoms. The van der Waals surface area contributed by atoms with Crippen LogP contribution in [0.4, 0.5) is 13.2 Å². The summed E-state index contributed by atoms with van der Waals surface area (Å²) in [7, 11) is 0. The first kappa shape index (κ1) is 21.7. The van der Waals surface area contributed by atoms with Crippen molar-refractivity contribution in [3.05, 3.63) is 64.5 Å². The van der Waals surface area contributed by atoms with Crippen molar-refractivity contribution in [2.75, 3.05) is 0 Å². The molecule has 0 saturated heterocycles. The van der Waals surface area contributed by atoms with Gasteiger partial charge >= 0.3 is 0 Å². The summed E-state index contributed by atoms with van der Waals surface area (Å²) in [5, 5.41) is 19.3. The van der Waals surface area contributed by atoms with Gasteiger partial charge in [0.05, 0.1) is 6.10 Å². The molecule has 0 radical (unpaired) electrons. The Kier molecular flexibility index (Phi) is 7.23. The smallest absolute Gasteiger partial charge is 0.165 e. The number of aryl methyl sites for hydroxylation is 1. The van der Waals surface area contributed by atoms with Crippen LogP contribution in [0.25, 0.3) is 0 Å². The Balaban J connectivity index is 1.55. The van der Waals surface area contributed by atoms with Gasteiger partial charge in [0.2, 0.25) is 0 Å². The van der Waals surface area contributed by atoms with E-state index in [4.69, 9.17) is 0 Å². The molecular weight excluding hydrogens is 377 g/mol. The fourth-order valence-corrected chi connectivity index (χ4v) is 4.40. The van der Waals surface area contributed by atoms with Crippen LogP contribution in [-0.4, -0.2) is 10.2 Å². The van der Waals surface area contributed by atoms with Gasteiger partial charge in [-0.1, -0.05) is 31.5 Å². The van der Waals surface area contributed by atoms with E-state index in [2.05, 4.69) is 0 Å². The third kappa shape index (κ3) is 5.13. The monoisotopic (exact) mass is 406 g/mol. The second-order valence-electron chi connectivity index (χ2n) is 8.21. The van der Waals surface area contributed by atoms with E-state index in [1.807, 2.05) is 6.92 Å². The molecule has 0 spiro atoms. The van der Waals surface area contributed by atoms with Crippen LogP contribution >= 0.6 is 0 Å². The average molecular weight is 406 g/mol. The minimum atomic E-state index is -0.969. The normalized spacial score (nSPS) is 20.6. The van der Waals surface area contributed by atoms with Crippen LogP contribution in [0, 0.1) is 23.4 Å². The maximum atomic E-state index is 14.4. The molecule has 0 bridgehead atoms. The highest BCUT2D eigenvalue weighted by Gasteiger charge is 2.24. The van der Waals surface area contributed by atoms with E-state index in [0.717, 1.165) is 37.7 Å². The predicted octanol–water partition coefficient (Wildman–Crippen LogP) is 6.55. The van der Waals surface area contributed by atoms with Crippen LogP contribution < -0.4 is 0 Å². The van der Waals surface area contributed by atoms with Crippen molar-refractivity contribution in [2.45, 2.75) is 70.3 Å². The molecule has 0 aromatic heterocycles. The molecule has 0 aliphatic heterocycles. The van der Waals surface area contributed by atoms with Crippen LogP contribution in [0.3, 0.4) is 0 Å². The number of hydrogen-bond donors (Lipinski definition) is 2. The summed E-state index contributed by atoms with van der Waals surface area (Å²) in [4.78, 5) is 0. The molecule has 5 heteroatoms. The molecular formula is C24H29F3O2. The second-order valence-corrected chi connectivity index (χ2v) is 8.21. The molecule has 2 nitrogen and oxygen atoms in total. The van der Waals surface area contributed by atoms with Crippen molar-refractivity contribution in [3.8, 4) is 5.75 Å². The molecule has 1 aliphatic carbocycles. The zero-order valence-electron chi connectivity index (χ0n) is 16.8. The quantitative estimate of drug-likeness (QED) is 0.547. The summed E-state index contributed by atoms with van der Waals surface area (Å²) in [5.74, 6) is -1.98. The number of phenols is 1. The minimum Gasteiger partial charge on any atom is -0.505 e. The first-order valence-corrected chi connectivity index (χ1v) is 10.5. The molecule has 1 unspecified atom stereocenters. The lowest BCUT2D eigenvalue weighted by atomic mass is 9.77. The lowest BCUT2D eigenvalue weighted by molar-refractivity contribution is 0.160. The Hall–Kier alpha value is -2.01. The first-order chi connectivity index (χ1) is 13.9. The number of aliphatic hydroxyl groups is 1. The maximum Gasteiger partial charge on any atom is 0.165 e. The molecule has 0 amide bonds. The highest BCUT2D eigenvalue weighted by Crippen LogP contribution is 2.38. The van der Waals surface area contributed by atoms with Gasteiger partial charge in [-0.15, -0.1) is 0 Å². The number of rotatable bonds is 7. The van der Waals surface area contributed by atoms with Crippen LogP contribution in [0.1, 0.15) is 80.6 Å². The Morgan fingerprint density at radius 1 is 1.00 bits per heavy atom. The van der Waals surface area contributed by atoms with Crippen molar-refractivity contribution >= 4 is 0 Å². The standard InChI is InChI=1S/C24H29F3O2/c1-2-3-21(28)19-12-10-17(23(26)24(19)27)9-6-15-4-7-16(8-5-15)18-11-13-22(29)20(25)14-18/h10-16,21,28-29H,2-9H2,1H3. The molecule has 2 aromatic carbocycles. The number of hydrogen-bond acceptors (Lipinski definition) is 2. The van der Waals surface area contributed by atoms with Gasteiger partial charge in [-0.2, -0.15) is 0 Å². The van der Waals surface area contributed by atoms with E-state index in [-0.39, 0.29) is 17.2 Å². The zero-order chi connectivity index (χ0) is 21.0. The Morgan fingerprint density at radius 3 is 2.38 bits per heavy atom. The van der Waals surface area contributed by atoms with Crippen molar-refractivity contribution in [3.63, 3.8) is 0 Å². The molecule has 1 atom stereocenters. The maximum absolute atomic E-state index is 14.4. The van der Waals surface area contributed by atoms with Crippen molar-refractivity contribution in [2.24, 2.45) is 5.92 Å². The summed E-state index contributed by atoms with van der Waals surface area (Å²) < 4.78 is 42.3. The van der Waals surface area contributed by atoms with Gasteiger partial charge in [0.1, 0.15) is 0 Å². The van der Waals surface area contributed by atoms with Crippen molar-refractivity contribution in [1.29, 1.82) is 0 Å². The van der Waals surface area contributed by atoms with E-state index in [0.29, 0.717) is 30.7 Å². The Bertz CT molecular complexity index is 829. The van der Waals surface area contributed by atoms with Gasteiger partial charge in [-0.05, 0) is 80.0 Å². The van der Waals surface area contributed by atoms with Crippen LogP contribution in [0.15, 0.2) is 30.3 Å². The van der Waals surface area contributed by atoms with Gasteiger partial charge < -0.3 is 10.2 Å². The molecule has 158 valence electrons. The molecule has 1 saturated carbocycles. The van der Waals surface area contributed by atoms with Crippen LogP contribution in [0.2, 0.25) is 0 Å². The molecule has 0 heterocycles. The van der Waals surface area contributed by atoms with Crippen LogP contribution in [-0.2, 0) is 6.42 Å².